The minimum Gasteiger partial charge on any atom is -0.304 e. The van der Waals surface area contributed by atoms with E-state index >= 15 is 0 Å². The number of hydrogen-bond acceptors (Lipinski definition) is 3. The summed E-state index contributed by atoms with van der Waals surface area (Å²) in [7, 11) is 1.94. The first-order valence-electron chi connectivity index (χ1n) is 6.96. The number of nitrogens with zero attached hydrogens (tertiary/aromatic N) is 5. The van der Waals surface area contributed by atoms with Crippen molar-refractivity contribution < 1.29 is 0 Å². The van der Waals surface area contributed by atoms with E-state index in [1.54, 1.807) is 12.4 Å². The lowest BCUT2D eigenvalue weighted by molar-refractivity contribution is 0.594. The van der Waals surface area contributed by atoms with E-state index in [1.807, 2.05) is 37.7 Å². The van der Waals surface area contributed by atoms with Crippen LogP contribution in [0.2, 0.25) is 0 Å². The van der Waals surface area contributed by atoms with Crippen molar-refractivity contribution in [1.29, 1.82) is 0 Å². The van der Waals surface area contributed by atoms with Gasteiger partial charge in [0.2, 0.25) is 0 Å². The normalized spacial score (nSPS) is 14.5. The lowest BCUT2D eigenvalue weighted by Gasteiger charge is -2.19. The molecule has 21 heavy (non-hydrogen) atoms. The van der Waals surface area contributed by atoms with Gasteiger partial charge in [-0.25, -0.2) is 4.98 Å². The minimum absolute atomic E-state index is 0.115. The number of hydrogen-bond donors (Lipinski definition) is 0. The third kappa shape index (κ3) is 2.21. The third-order valence-electron chi connectivity index (χ3n) is 3.79. The van der Waals surface area contributed by atoms with Crippen molar-refractivity contribution in [1.82, 2.24) is 24.3 Å². The molecule has 3 rings (SSSR count). The molecule has 0 aliphatic rings. The van der Waals surface area contributed by atoms with Crippen LogP contribution in [0, 0.1) is 6.92 Å². The smallest absolute Gasteiger partial charge is 0.159 e. The molecule has 0 N–H and O–H groups in total. The first kappa shape index (κ1) is 14.1. The summed E-state index contributed by atoms with van der Waals surface area (Å²) in [6, 6.07) is 4.15. The Hall–Kier alpha value is -1.88. The molecule has 3 aromatic heterocycles. The molecule has 2 atom stereocenters. The van der Waals surface area contributed by atoms with Crippen molar-refractivity contribution in [2.24, 2.45) is 7.05 Å². The summed E-state index contributed by atoms with van der Waals surface area (Å²) in [6.45, 7) is 6.06. The molecule has 0 aliphatic carbocycles. The topological polar surface area (TPSA) is 48.5 Å². The summed E-state index contributed by atoms with van der Waals surface area (Å²) in [4.78, 5) is 8.79. The number of alkyl halides is 1. The zero-order valence-electron chi connectivity index (χ0n) is 12.6. The lowest BCUT2D eigenvalue weighted by atomic mass is 10.1. The maximum Gasteiger partial charge on any atom is 0.159 e. The molecule has 0 bridgehead atoms. The molecule has 0 spiro atoms. The third-order valence-corrected chi connectivity index (χ3v) is 3.99. The van der Waals surface area contributed by atoms with E-state index in [9.17, 15) is 0 Å². The highest BCUT2D eigenvalue weighted by Gasteiger charge is 2.24. The van der Waals surface area contributed by atoms with Crippen LogP contribution < -0.4 is 0 Å². The van der Waals surface area contributed by atoms with Crippen LogP contribution in [0.1, 0.15) is 42.3 Å². The zero-order valence-corrected chi connectivity index (χ0v) is 13.3. The fourth-order valence-electron chi connectivity index (χ4n) is 2.77. The maximum absolute atomic E-state index is 6.35. The first-order valence-corrected chi connectivity index (χ1v) is 7.39. The Labute approximate surface area is 128 Å². The summed E-state index contributed by atoms with van der Waals surface area (Å²) < 4.78 is 4.04. The number of pyridine rings is 1. The molecule has 0 aliphatic heterocycles. The van der Waals surface area contributed by atoms with Crippen LogP contribution in [-0.2, 0) is 7.05 Å². The monoisotopic (exact) mass is 303 g/mol. The molecule has 0 saturated heterocycles. The van der Waals surface area contributed by atoms with Gasteiger partial charge in [0.15, 0.2) is 5.65 Å². The average Bonchev–Trinajstić information content (AvgIpc) is 2.99. The number of halogens is 1. The van der Waals surface area contributed by atoms with Crippen LogP contribution in [0.15, 0.2) is 24.5 Å². The summed E-state index contributed by atoms with van der Waals surface area (Å²) in [5.41, 5.74) is 4.01. The highest BCUT2D eigenvalue weighted by atomic mass is 35.5. The first-order chi connectivity index (χ1) is 10.0. The number of rotatable bonds is 3. The Balaban J connectivity index is 2.27. The predicted octanol–water partition coefficient (Wildman–Crippen LogP) is 3.38. The van der Waals surface area contributed by atoms with Crippen molar-refractivity contribution >= 4 is 22.8 Å². The van der Waals surface area contributed by atoms with Crippen LogP contribution in [0.5, 0.6) is 0 Å². The Morgan fingerprint density at radius 3 is 2.48 bits per heavy atom. The van der Waals surface area contributed by atoms with Crippen molar-refractivity contribution in [2.45, 2.75) is 32.2 Å². The van der Waals surface area contributed by atoms with Gasteiger partial charge in [-0.2, -0.15) is 5.10 Å². The van der Waals surface area contributed by atoms with Gasteiger partial charge < -0.3 is 4.57 Å². The van der Waals surface area contributed by atoms with E-state index in [0.29, 0.717) is 0 Å². The van der Waals surface area contributed by atoms with Crippen molar-refractivity contribution in [2.75, 3.05) is 0 Å². The summed E-state index contributed by atoms with van der Waals surface area (Å²) in [6.07, 6.45) is 3.61. The van der Waals surface area contributed by atoms with Crippen LogP contribution in [-0.4, -0.2) is 24.3 Å². The Bertz CT molecular complexity index is 772. The average molecular weight is 304 g/mol. The van der Waals surface area contributed by atoms with E-state index in [2.05, 4.69) is 21.6 Å². The van der Waals surface area contributed by atoms with E-state index < -0.39 is 0 Å². The van der Waals surface area contributed by atoms with E-state index in [1.165, 1.54) is 5.56 Å². The van der Waals surface area contributed by atoms with E-state index in [4.69, 9.17) is 16.6 Å². The largest absolute Gasteiger partial charge is 0.304 e. The van der Waals surface area contributed by atoms with Gasteiger partial charge in [0.05, 0.1) is 17.1 Å². The summed E-state index contributed by atoms with van der Waals surface area (Å²) in [5.74, 6) is 0.868. The number of aromatic nitrogens is 5. The van der Waals surface area contributed by atoms with Crippen LogP contribution in [0.3, 0.4) is 0 Å². The van der Waals surface area contributed by atoms with Gasteiger partial charge in [0, 0.05) is 19.4 Å². The fourth-order valence-corrected chi connectivity index (χ4v) is 2.92. The van der Waals surface area contributed by atoms with Gasteiger partial charge >= 0.3 is 0 Å². The molecule has 0 radical (unpaired) electrons. The summed E-state index contributed by atoms with van der Waals surface area (Å²) in [5, 5.41) is 4.30. The van der Waals surface area contributed by atoms with E-state index in [0.717, 1.165) is 22.7 Å². The SMILES string of the molecule is Cc1nn(C)c2c1nc(C(C)Cl)n2C(C)c1ccncc1. The summed E-state index contributed by atoms with van der Waals surface area (Å²) >= 11 is 6.35. The van der Waals surface area contributed by atoms with Gasteiger partial charge in [-0.05, 0) is 38.5 Å². The predicted molar refractivity (Wildman–Crippen MR) is 83.6 cm³/mol. The Morgan fingerprint density at radius 1 is 1.19 bits per heavy atom. The molecule has 0 fully saturated rings. The lowest BCUT2D eigenvalue weighted by Crippen LogP contribution is -2.13. The highest BCUT2D eigenvalue weighted by Crippen LogP contribution is 2.31. The molecule has 0 saturated carbocycles. The highest BCUT2D eigenvalue weighted by molar-refractivity contribution is 6.20. The zero-order chi connectivity index (χ0) is 15.1. The molecule has 2 unspecified atom stereocenters. The Kier molecular flexibility index (Phi) is 3.45. The van der Waals surface area contributed by atoms with Crippen LogP contribution in [0.4, 0.5) is 0 Å². The molecule has 3 heterocycles. The van der Waals surface area contributed by atoms with Crippen molar-refractivity contribution in [3.05, 3.63) is 41.6 Å². The molecule has 3 aromatic rings. The number of fused-ring (bicyclic) bond motifs is 1. The second-order valence-corrected chi connectivity index (χ2v) is 5.95. The number of aryl methyl sites for hydroxylation is 2. The fraction of sp³-hybridized carbons (Fsp3) is 0.400. The van der Waals surface area contributed by atoms with Crippen molar-refractivity contribution in [3.8, 4) is 0 Å². The molecule has 0 amide bonds. The van der Waals surface area contributed by atoms with Gasteiger partial charge in [0.1, 0.15) is 11.3 Å². The van der Waals surface area contributed by atoms with Crippen LogP contribution >= 0.6 is 11.6 Å². The minimum atomic E-state index is -0.166. The molecule has 6 heteroatoms. The maximum atomic E-state index is 6.35. The van der Waals surface area contributed by atoms with Gasteiger partial charge in [-0.3, -0.25) is 9.67 Å². The quantitative estimate of drug-likeness (QED) is 0.697. The van der Waals surface area contributed by atoms with E-state index in [-0.39, 0.29) is 11.4 Å². The Morgan fingerprint density at radius 2 is 1.86 bits per heavy atom. The second kappa shape index (κ2) is 5.15. The molecule has 5 nitrogen and oxygen atoms in total. The van der Waals surface area contributed by atoms with Gasteiger partial charge in [-0.1, -0.05) is 0 Å². The van der Waals surface area contributed by atoms with Gasteiger partial charge in [-0.15, -0.1) is 11.6 Å². The van der Waals surface area contributed by atoms with Crippen molar-refractivity contribution in [3.63, 3.8) is 0 Å². The molecular formula is C15H18ClN5. The second-order valence-electron chi connectivity index (χ2n) is 5.29. The van der Waals surface area contributed by atoms with Crippen LogP contribution in [0.25, 0.3) is 11.2 Å². The molecule has 110 valence electrons. The standard InChI is InChI=1S/C15H18ClN5/c1-9(16)14-18-13-10(2)19-20(4)15(13)21(14)11(3)12-5-7-17-8-6-12/h5-9,11H,1-4H3. The van der Waals surface area contributed by atoms with Gasteiger partial charge in [0.25, 0.3) is 0 Å². The number of imidazole rings is 1. The molecular weight excluding hydrogens is 286 g/mol. The molecule has 0 aromatic carbocycles.